The predicted molar refractivity (Wildman–Crippen MR) is 67.3 cm³/mol. The van der Waals surface area contributed by atoms with E-state index in [2.05, 4.69) is 24.5 Å². The number of aryl methyl sites for hydroxylation is 1. The van der Waals surface area contributed by atoms with Crippen LogP contribution in [0.4, 0.5) is 0 Å². The van der Waals surface area contributed by atoms with Crippen molar-refractivity contribution in [2.45, 2.75) is 32.2 Å². The van der Waals surface area contributed by atoms with E-state index < -0.39 is 0 Å². The predicted octanol–water partition coefficient (Wildman–Crippen LogP) is 2.38. The lowest BCUT2D eigenvalue weighted by molar-refractivity contribution is 0.0606. The van der Waals surface area contributed by atoms with Gasteiger partial charge in [0, 0.05) is 23.0 Å². The zero-order valence-corrected chi connectivity index (χ0v) is 10.6. The fourth-order valence-electron chi connectivity index (χ4n) is 2.22. The molecule has 0 aliphatic carbocycles. The van der Waals surface area contributed by atoms with Crippen LogP contribution < -0.4 is 11.3 Å². The second-order valence-corrected chi connectivity index (χ2v) is 5.78. The maximum atomic E-state index is 5.66. The van der Waals surface area contributed by atoms with Gasteiger partial charge in [-0.15, -0.1) is 11.3 Å². The molecule has 3 nitrogen and oxygen atoms in total. The second kappa shape index (κ2) is 5.77. The lowest BCUT2D eigenvalue weighted by atomic mass is 9.92. The third-order valence-electron chi connectivity index (χ3n) is 3.22. The van der Waals surface area contributed by atoms with Crippen molar-refractivity contribution >= 4 is 11.3 Å². The summed E-state index contributed by atoms with van der Waals surface area (Å²) in [6.45, 7) is 3.95. The van der Waals surface area contributed by atoms with Gasteiger partial charge in [0.15, 0.2) is 0 Å². The third kappa shape index (κ3) is 3.04. The molecular weight excluding hydrogens is 220 g/mol. The molecule has 0 saturated carbocycles. The molecule has 1 fully saturated rings. The van der Waals surface area contributed by atoms with Gasteiger partial charge in [0.05, 0.1) is 6.04 Å². The Balaban J connectivity index is 1.94. The summed E-state index contributed by atoms with van der Waals surface area (Å²) in [6, 6.07) is 4.65. The molecule has 16 heavy (non-hydrogen) atoms. The van der Waals surface area contributed by atoms with Gasteiger partial charge in [-0.3, -0.25) is 11.3 Å². The Morgan fingerprint density at radius 3 is 2.81 bits per heavy atom. The zero-order chi connectivity index (χ0) is 11.4. The average Bonchev–Trinajstić information content (AvgIpc) is 2.74. The molecule has 1 unspecified atom stereocenters. The largest absolute Gasteiger partial charge is 0.381 e. The van der Waals surface area contributed by atoms with Crippen LogP contribution in [0.2, 0.25) is 0 Å². The van der Waals surface area contributed by atoms with Crippen LogP contribution in [-0.4, -0.2) is 13.2 Å². The monoisotopic (exact) mass is 240 g/mol. The Morgan fingerprint density at radius 1 is 1.50 bits per heavy atom. The first-order valence-corrected chi connectivity index (χ1v) is 6.71. The molecule has 0 bridgehead atoms. The number of nitrogens with one attached hydrogen (secondary N) is 1. The van der Waals surface area contributed by atoms with E-state index in [0.29, 0.717) is 6.04 Å². The van der Waals surface area contributed by atoms with Crippen LogP contribution in [0.15, 0.2) is 12.1 Å². The summed E-state index contributed by atoms with van der Waals surface area (Å²) in [5.74, 6) is 6.40. The van der Waals surface area contributed by atoms with E-state index >= 15 is 0 Å². The minimum Gasteiger partial charge on any atom is -0.381 e. The summed E-state index contributed by atoms with van der Waals surface area (Å²) < 4.78 is 5.38. The van der Waals surface area contributed by atoms with Gasteiger partial charge in [-0.05, 0) is 44.2 Å². The number of hydrogen-bond donors (Lipinski definition) is 2. The Kier molecular flexibility index (Phi) is 4.35. The first-order chi connectivity index (χ1) is 7.79. The first-order valence-electron chi connectivity index (χ1n) is 5.90. The van der Waals surface area contributed by atoms with E-state index in [4.69, 9.17) is 10.6 Å². The van der Waals surface area contributed by atoms with Gasteiger partial charge in [0.1, 0.15) is 0 Å². The molecule has 0 aromatic carbocycles. The minimum atomic E-state index is 0.307. The summed E-state index contributed by atoms with van der Waals surface area (Å²) in [5, 5.41) is 0. The smallest absolute Gasteiger partial charge is 0.0556 e. The van der Waals surface area contributed by atoms with Crippen LogP contribution in [0.5, 0.6) is 0 Å². The summed E-state index contributed by atoms with van der Waals surface area (Å²) in [7, 11) is 0. The summed E-state index contributed by atoms with van der Waals surface area (Å²) in [4.78, 5) is 2.70. The first kappa shape index (κ1) is 12.0. The summed E-state index contributed by atoms with van der Waals surface area (Å²) >= 11 is 1.84. The van der Waals surface area contributed by atoms with Gasteiger partial charge < -0.3 is 4.74 Å². The molecule has 4 heteroatoms. The Morgan fingerprint density at radius 2 is 2.25 bits per heavy atom. The summed E-state index contributed by atoms with van der Waals surface area (Å²) in [6.07, 6.45) is 3.46. The van der Waals surface area contributed by atoms with Crippen molar-refractivity contribution in [2.75, 3.05) is 13.2 Å². The average molecular weight is 240 g/mol. The molecule has 1 aromatic rings. The molecule has 2 rings (SSSR count). The standard InChI is InChI=1S/C12H20N2OS/c1-9-2-3-12(16-9)11(14-13)8-10-4-6-15-7-5-10/h2-3,10-11,14H,4-8,13H2,1H3. The normalized spacial score (nSPS) is 19.9. The van der Waals surface area contributed by atoms with Gasteiger partial charge in [0.2, 0.25) is 0 Å². The van der Waals surface area contributed by atoms with Crippen LogP contribution in [0.1, 0.15) is 35.1 Å². The molecule has 1 aliphatic heterocycles. The number of thiophene rings is 1. The highest BCUT2D eigenvalue weighted by molar-refractivity contribution is 7.12. The van der Waals surface area contributed by atoms with Crippen molar-refractivity contribution in [1.82, 2.24) is 5.43 Å². The number of hydrogen-bond acceptors (Lipinski definition) is 4. The molecule has 1 aliphatic rings. The quantitative estimate of drug-likeness (QED) is 0.627. The topological polar surface area (TPSA) is 47.3 Å². The van der Waals surface area contributed by atoms with Crippen LogP contribution in [0, 0.1) is 12.8 Å². The molecule has 3 N–H and O–H groups in total. The molecule has 0 radical (unpaired) electrons. The van der Waals surface area contributed by atoms with E-state index in [-0.39, 0.29) is 0 Å². The van der Waals surface area contributed by atoms with Crippen molar-refractivity contribution < 1.29 is 4.74 Å². The number of nitrogens with two attached hydrogens (primary N) is 1. The lowest BCUT2D eigenvalue weighted by Crippen LogP contribution is -2.30. The molecule has 0 spiro atoms. The second-order valence-electron chi connectivity index (χ2n) is 4.46. The molecule has 1 atom stereocenters. The van der Waals surface area contributed by atoms with E-state index in [0.717, 1.165) is 25.6 Å². The lowest BCUT2D eigenvalue weighted by Gasteiger charge is -2.25. The Labute approximate surface area is 101 Å². The zero-order valence-electron chi connectivity index (χ0n) is 9.74. The van der Waals surface area contributed by atoms with Gasteiger partial charge in [-0.1, -0.05) is 0 Å². The third-order valence-corrected chi connectivity index (χ3v) is 4.33. The van der Waals surface area contributed by atoms with Gasteiger partial charge in [0.25, 0.3) is 0 Å². The van der Waals surface area contributed by atoms with Crippen LogP contribution in [0.25, 0.3) is 0 Å². The highest BCUT2D eigenvalue weighted by atomic mass is 32.1. The highest BCUT2D eigenvalue weighted by Crippen LogP contribution is 2.30. The molecule has 1 aromatic heterocycles. The van der Waals surface area contributed by atoms with Crippen LogP contribution in [-0.2, 0) is 4.74 Å². The van der Waals surface area contributed by atoms with Crippen molar-refractivity contribution in [3.05, 3.63) is 21.9 Å². The van der Waals surface area contributed by atoms with Gasteiger partial charge >= 0.3 is 0 Å². The van der Waals surface area contributed by atoms with Gasteiger partial charge in [-0.2, -0.15) is 0 Å². The molecule has 2 heterocycles. The maximum absolute atomic E-state index is 5.66. The van der Waals surface area contributed by atoms with E-state index in [1.807, 2.05) is 11.3 Å². The fraction of sp³-hybridized carbons (Fsp3) is 0.667. The molecular formula is C12H20N2OS. The molecule has 1 saturated heterocycles. The Hall–Kier alpha value is -0.420. The minimum absolute atomic E-state index is 0.307. The van der Waals surface area contributed by atoms with E-state index in [1.54, 1.807) is 0 Å². The van der Waals surface area contributed by atoms with Crippen LogP contribution >= 0.6 is 11.3 Å². The summed E-state index contributed by atoms with van der Waals surface area (Å²) in [5.41, 5.74) is 2.95. The van der Waals surface area contributed by atoms with Gasteiger partial charge in [-0.25, -0.2) is 0 Å². The van der Waals surface area contributed by atoms with Crippen molar-refractivity contribution in [3.8, 4) is 0 Å². The van der Waals surface area contributed by atoms with E-state index in [9.17, 15) is 0 Å². The Bertz CT molecular complexity index is 321. The molecule has 90 valence electrons. The maximum Gasteiger partial charge on any atom is 0.0556 e. The number of rotatable bonds is 4. The SMILES string of the molecule is Cc1ccc(C(CC2CCOCC2)NN)s1. The van der Waals surface area contributed by atoms with Crippen molar-refractivity contribution in [2.24, 2.45) is 11.8 Å². The van der Waals surface area contributed by atoms with E-state index in [1.165, 1.54) is 22.6 Å². The fourth-order valence-corrected chi connectivity index (χ4v) is 3.17. The number of hydrazine groups is 1. The molecule has 0 amide bonds. The number of ether oxygens (including phenoxy) is 1. The van der Waals surface area contributed by atoms with Crippen molar-refractivity contribution in [3.63, 3.8) is 0 Å². The van der Waals surface area contributed by atoms with Crippen molar-refractivity contribution in [1.29, 1.82) is 0 Å². The van der Waals surface area contributed by atoms with Crippen LogP contribution in [0.3, 0.4) is 0 Å². The highest BCUT2D eigenvalue weighted by Gasteiger charge is 2.20.